The van der Waals surface area contributed by atoms with Crippen LogP contribution in [0.15, 0.2) is 79.7 Å². The Morgan fingerprint density at radius 3 is 1.48 bits per heavy atom. The predicted octanol–water partition coefficient (Wildman–Crippen LogP) is 5.90. The second-order valence-corrected chi connectivity index (χ2v) is 20.3. The molecule has 2 saturated heterocycles. The van der Waals surface area contributed by atoms with Crippen molar-refractivity contribution in [2.24, 2.45) is 14.1 Å². The molecule has 4 aromatic heterocycles. The third kappa shape index (κ3) is 12.9. The quantitative estimate of drug-likeness (QED) is 0.193. The summed E-state index contributed by atoms with van der Waals surface area (Å²) in [4.78, 5) is 73.9. The van der Waals surface area contributed by atoms with Gasteiger partial charge < -0.3 is 29.1 Å². The van der Waals surface area contributed by atoms with Crippen LogP contribution < -0.4 is 20.9 Å². The Morgan fingerprint density at radius 2 is 1.05 bits per heavy atom. The zero-order valence-electron chi connectivity index (χ0n) is 39.3. The van der Waals surface area contributed by atoms with Crippen molar-refractivity contribution in [3.05, 3.63) is 90.8 Å². The number of nitrogens with zero attached hydrogens (tertiary/aromatic N) is 10. The average Bonchev–Trinajstić information content (AvgIpc) is 3.72. The number of nitrogens with one attached hydrogen (secondary N) is 2. The zero-order valence-corrected chi connectivity index (χ0v) is 42.4. The topological polar surface area (TPSA) is 193 Å². The first-order valence-corrected chi connectivity index (χ1v) is 23.3. The molecule has 0 spiro atoms. The van der Waals surface area contributed by atoms with Gasteiger partial charge in [0.05, 0.1) is 37.5 Å². The number of carbonyl (C=O) groups is 2. The Balaban J connectivity index is 0.000000182. The average molecular weight is 1040 g/mol. The number of carbonyl (C=O) groups excluding carboxylic acids is 2. The minimum atomic E-state index is -0.337. The van der Waals surface area contributed by atoms with Gasteiger partial charge in [0.1, 0.15) is 13.2 Å². The van der Waals surface area contributed by atoms with Crippen molar-refractivity contribution >= 4 is 77.4 Å². The molecule has 0 saturated carbocycles. The molecule has 0 unspecified atom stereocenters. The SMILES string of the molecule is C[C@@H]1CN(c2ncc(-c3ccc4c(=O)n(C)[nH]c4c3)cn2)CCN1C(=O)COC(C)(C)C.C[C@@H]1CN(c2ncc(Br)cn2)CCN1C(=O)COC(C)(C)C.Cn1[nH]c2cc(Br)ccc2c1=O. The van der Waals surface area contributed by atoms with E-state index in [1.54, 1.807) is 44.9 Å². The van der Waals surface area contributed by atoms with E-state index in [-0.39, 0.29) is 59.4 Å². The van der Waals surface area contributed by atoms with E-state index in [4.69, 9.17) is 9.47 Å². The maximum absolute atomic E-state index is 12.5. The van der Waals surface area contributed by atoms with Gasteiger partial charge in [0.25, 0.3) is 11.1 Å². The van der Waals surface area contributed by atoms with Crippen molar-refractivity contribution in [2.75, 3.05) is 62.3 Å². The molecule has 6 aromatic rings. The number of aryl methyl sites for hydroxylation is 2. The van der Waals surface area contributed by atoms with E-state index in [1.807, 2.05) is 95.5 Å². The van der Waals surface area contributed by atoms with Crippen molar-refractivity contribution in [2.45, 2.75) is 78.7 Å². The largest absolute Gasteiger partial charge is 0.366 e. The van der Waals surface area contributed by atoms with Crippen LogP contribution in [-0.4, -0.2) is 137 Å². The van der Waals surface area contributed by atoms with Gasteiger partial charge in [-0.15, -0.1) is 0 Å². The van der Waals surface area contributed by atoms with Crippen molar-refractivity contribution < 1.29 is 19.1 Å². The zero-order chi connectivity index (χ0) is 48.1. The fraction of sp³-hybridized carbons (Fsp3) is 0.478. The number of hydrogen-bond acceptors (Lipinski definition) is 12. The number of H-pyrrole nitrogens is 2. The van der Waals surface area contributed by atoms with E-state index in [0.717, 1.165) is 49.6 Å². The number of piperazine rings is 2. The van der Waals surface area contributed by atoms with Gasteiger partial charge in [0, 0.05) is 100 Å². The molecule has 2 atom stereocenters. The van der Waals surface area contributed by atoms with Gasteiger partial charge in [0.2, 0.25) is 23.7 Å². The smallest absolute Gasteiger partial charge is 0.274 e. The molecule has 0 radical (unpaired) electrons. The first kappa shape index (κ1) is 50.0. The Morgan fingerprint density at radius 1 is 0.621 bits per heavy atom. The summed E-state index contributed by atoms with van der Waals surface area (Å²) in [5, 5.41) is 7.37. The van der Waals surface area contributed by atoms with Crippen LogP contribution in [-0.2, 0) is 33.2 Å². The standard InChI is InChI=1S/C23H30N6O3.C15H23BrN4O2.C8H7BrN2O/c1-15-13-28(8-9-29(15)20(30)14-32-23(2,3)4)22-24-11-17(12-25-22)16-6-7-18-19(10-16)26-27(5)21(18)31;1-11-9-19(14-17-7-12(16)8-18-14)5-6-20(11)13(21)10-22-15(2,3)4;1-11-8(12)6-3-2-5(9)4-7(6)10-11/h6-7,10-12,15,26H,8-9,13-14H2,1-5H3;7-8,11H,5-6,9-10H2,1-4H3;2-4,10H,1H3/t15-;11-;/m11./s1. The van der Waals surface area contributed by atoms with Gasteiger partial charge in [0.15, 0.2) is 0 Å². The number of aromatic amines is 2. The molecule has 2 fully saturated rings. The molecule has 18 nitrogen and oxygen atoms in total. The highest BCUT2D eigenvalue weighted by atomic mass is 79.9. The van der Waals surface area contributed by atoms with Crippen LogP contribution >= 0.6 is 31.9 Å². The van der Waals surface area contributed by atoms with Gasteiger partial charge in [-0.1, -0.05) is 22.0 Å². The Hall–Kier alpha value is -5.44. The molecule has 8 rings (SSSR count). The van der Waals surface area contributed by atoms with Crippen LogP contribution in [0.5, 0.6) is 0 Å². The maximum atomic E-state index is 12.5. The Labute approximate surface area is 400 Å². The van der Waals surface area contributed by atoms with Crippen molar-refractivity contribution in [3.8, 4) is 11.1 Å². The Kier molecular flexibility index (Phi) is 15.9. The molecule has 2 N–H and O–H groups in total. The van der Waals surface area contributed by atoms with Crippen LogP contribution in [0.1, 0.15) is 55.4 Å². The lowest BCUT2D eigenvalue weighted by molar-refractivity contribution is -0.144. The maximum Gasteiger partial charge on any atom is 0.274 e. The molecule has 20 heteroatoms. The second-order valence-electron chi connectivity index (χ2n) is 18.4. The van der Waals surface area contributed by atoms with E-state index in [9.17, 15) is 19.2 Å². The molecule has 2 aliphatic heterocycles. The lowest BCUT2D eigenvalue weighted by atomic mass is 10.1. The molecule has 66 heavy (non-hydrogen) atoms. The summed E-state index contributed by atoms with van der Waals surface area (Å²) >= 11 is 6.67. The number of rotatable bonds is 7. The first-order chi connectivity index (χ1) is 31.1. The van der Waals surface area contributed by atoms with Crippen LogP contribution in [0.25, 0.3) is 32.9 Å². The molecule has 6 heterocycles. The summed E-state index contributed by atoms with van der Waals surface area (Å²) in [6.45, 7) is 20.0. The van der Waals surface area contributed by atoms with Gasteiger partial charge in [-0.2, -0.15) is 0 Å². The summed E-state index contributed by atoms with van der Waals surface area (Å²) in [7, 11) is 3.40. The van der Waals surface area contributed by atoms with Crippen molar-refractivity contribution in [3.63, 3.8) is 0 Å². The molecule has 2 amide bonds. The van der Waals surface area contributed by atoms with Crippen LogP contribution in [0.4, 0.5) is 11.9 Å². The van der Waals surface area contributed by atoms with Crippen molar-refractivity contribution in [1.82, 2.24) is 49.3 Å². The summed E-state index contributed by atoms with van der Waals surface area (Å²) in [6.07, 6.45) is 7.07. The van der Waals surface area contributed by atoms with Crippen molar-refractivity contribution in [1.29, 1.82) is 0 Å². The summed E-state index contributed by atoms with van der Waals surface area (Å²) in [5.74, 6) is 1.40. The highest BCUT2D eigenvalue weighted by molar-refractivity contribution is 9.10. The minimum absolute atomic E-state index is 0.0116. The van der Waals surface area contributed by atoms with E-state index in [0.29, 0.717) is 43.5 Å². The highest BCUT2D eigenvalue weighted by Gasteiger charge is 2.31. The minimum Gasteiger partial charge on any atom is -0.366 e. The molecular formula is C46H60Br2N12O6. The van der Waals surface area contributed by atoms with Gasteiger partial charge >= 0.3 is 0 Å². The number of anilines is 2. The normalized spacial score (nSPS) is 16.8. The molecule has 2 aromatic carbocycles. The third-order valence-electron chi connectivity index (χ3n) is 10.9. The van der Waals surface area contributed by atoms with E-state index in [1.165, 1.54) is 9.36 Å². The summed E-state index contributed by atoms with van der Waals surface area (Å²) < 4.78 is 16.0. The number of fused-ring (bicyclic) bond motifs is 2. The Bertz CT molecular complexity index is 2740. The second kappa shape index (κ2) is 21.0. The van der Waals surface area contributed by atoms with Crippen LogP contribution in [0, 0.1) is 0 Å². The van der Waals surface area contributed by atoms with Crippen LogP contribution in [0.3, 0.4) is 0 Å². The molecular weight excluding hydrogens is 976 g/mol. The highest BCUT2D eigenvalue weighted by Crippen LogP contribution is 2.24. The number of ether oxygens (including phenoxy) is 2. The summed E-state index contributed by atoms with van der Waals surface area (Å²) in [6, 6.07) is 11.4. The number of hydrogen-bond donors (Lipinski definition) is 2. The lowest BCUT2D eigenvalue weighted by Crippen LogP contribution is -2.55. The fourth-order valence-corrected chi connectivity index (χ4v) is 8.03. The number of amides is 2. The third-order valence-corrected chi connectivity index (χ3v) is 11.8. The number of aromatic nitrogens is 8. The van der Waals surface area contributed by atoms with Crippen LogP contribution in [0.2, 0.25) is 0 Å². The van der Waals surface area contributed by atoms with E-state index in [2.05, 4.69) is 71.8 Å². The van der Waals surface area contributed by atoms with E-state index >= 15 is 0 Å². The number of halogens is 2. The molecule has 0 bridgehead atoms. The van der Waals surface area contributed by atoms with Gasteiger partial charge in [-0.25, -0.2) is 19.9 Å². The monoisotopic (exact) mass is 1030 g/mol. The molecule has 0 aliphatic carbocycles. The predicted molar refractivity (Wildman–Crippen MR) is 264 cm³/mol. The number of benzene rings is 2. The fourth-order valence-electron chi connectivity index (χ4n) is 7.47. The van der Waals surface area contributed by atoms with Gasteiger partial charge in [-0.3, -0.25) is 38.7 Å². The van der Waals surface area contributed by atoms with Gasteiger partial charge in [-0.05, 0) is 107 Å². The molecule has 354 valence electrons. The molecule has 2 aliphatic rings. The summed E-state index contributed by atoms with van der Waals surface area (Å²) in [5.41, 5.74) is 2.78. The van der Waals surface area contributed by atoms with E-state index < -0.39 is 0 Å². The first-order valence-electron chi connectivity index (χ1n) is 21.8. The lowest BCUT2D eigenvalue weighted by Gasteiger charge is -2.40.